The fourth-order valence-corrected chi connectivity index (χ4v) is 1.52. The molecule has 0 N–H and O–H groups in total. The standard InChI is InChI=1S/C9H11NOS/c1-11-9-4-2-3-8(5-9)6-10-7-12-10/h2-5H,6-7H2,1H3. The van der Waals surface area contributed by atoms with Crippen molar-refractivity contribution in [1.82, 2.24) is 4.31 Å². The molecule has 2 rings (SSSR count). The van der Waals surface area contributed by atoms with Crippen LogP contribution in [0.2, 0.25) is 0 Å². The predicted octanol–water partition coefficient (Wildman–Crippen LogP) is 2.12. The van der Waals surface area contributed by atoms with E-state index in [4.69, 9.17) is 4.74 Å². The van der Waals surface area contributed by atoms with Crippen molar-refractivity contribution in [2.75, 3.05) is 13.0 Å². The second kappa shape index (κ2) is 3.37. The third-order valence-corrected chi connectivity index (χ3v) is 2.56. The molecule has 1 atom stereocenters. The molecule has 2 nitrogen and oxygen atoms in total. The van der Waals surface area contributed by atoms with Gasteiger partial charge in [-0.3, -0.25) is 0 Å². The quantitative estimate of drug-likeness (QED) is 0.523. The SMILES string of the molecule is COc1cccc(CN2CS2)c1. The molecule has 0 bridgehead atoms. The van der Waals surface area contributed by atoms with Gasteiger partial charge in [-0.1, -0.05) is 24.1 Å². The Balaban J connectivity index is 2.08. The number of rotatable bonds is 3. The molecule has 3 heteroatoms. The predicted molar refractivity (Wildman–Crippen MR) is 51.0 cm³/mol. The van der Waals surface area contributed by atoms with Crippen molar-refractivity contribution in [3.05, 3.63) is 29.8 Å². The molecular formula is C9H11NOS. The largest absolute Gasteiger partial charge is 0.497 e. The summed E-state index contributed by atoms with van der Waals surface area (Å²) in [6.07, 6.45) is 0. The molecular weight excluding hydrogens is 170 g/mol. The minimum Gasteiger partial charge on any atom is -0.497 e. The highest BCUT2D eigenvalue weighted by atomic mass is 32.2. The molecule has 0 saturated carbocycles. The third kappa shape index (κ3) is 1.93. The van der Waals surface area contributed by atoms with Gasteiger partial charge in [0.05, 0.1) is 13.0 Å². The number of methoxy groups -OCH3 is 1. The molecule has 1 aromatic rings. The molecule has 64 valence electrons. The zero-order valence-electron chi connectivity index (χ0n) is 6.99. The normalized spacial score (nSPS) is 20.6. The van der Waals surface area contributed by atoms with E-state index in [1.54, 1.807) is 7.11 Å². The van der Waals surface area contributed by atoms with E-state index in [0.717, 1.165) is 18.2 Å². The molecule has 1 fully saturated rings. The lowest BCUT2D eigenvalue weighted by Gasteiger charge is -2.03. The average molecular weight is 181 g/mol. The van der Waals surface area contributed by atoms with Crippen LogP contribution in [0.3, 0.4) is 0 Å². The van der Waals surface area contributed by atoms with E-state index in [1.807, 2.05) is 24.1 Å². The minimum absolute atomic E-state index is 0.944. The fourth-order valence-electron chi connectivity index (χ4n) is 1.11. The van der Waals surface area contributed by atoms with E-state index in [1.165, 1.54) is 5.56 Å². The van der Waals surface area contributed by atoms with E-state index in [9.17, 15) is 0 Å². The zero-order valence-corrected chi connectivity index (χ0v) is 7.80. The Kier molecular flexibility index (Phi) is 2.23. The summed E-state index contributed by atoms with van der Waals surface area (Å²) in [7, 11) is 1.70. The summed E-state index contributed by atoms with van der Waals surface area (Å²) in [5, 5.41) is 0. The first-order valence-electron chi connectivity index (χ1n) is 3.89. The van der Waals surface area contributed by atoms with Gasteiger partial charge in [-0.15, -0.1) is 0 Å². The first-order chi connectivity index (χ1) is 5.88. The lowest BCUT2D eigenvalue weighted by molar-refractivity contribution is 0.413. The summed E-state index contributed by atoms with van der Waals surface area (Å²) in [6.45, 7) is 1.03. The van der Waals surface area contributed by atoms with Crippen molar-refractivity contribution in [1.29, 1.82) is 0 Å². The Morgan fingerprint density at radius 1 is 1.58 bits per heavy atom. The lowest BCUT2D eigenvalue weighted by Crippen LogP contribution is -1.94. The van der Waals surface area contributed by atoms with E-state index in [2.05, 4.69) is 16.4 Å². The highest BCUT2D eigenvalue weighted by molar-refractivity contribution is 8.02. The second-order valence-electron chi connectivity index (χ2n) is 2.75. The number of hydrogen-bond donors (Lipinski definition) is 0. The number of ether oxygens (including phenoxy) is 1. The van der Waals surface area contributed by atoms with Gasteiger partial charge in [-0.2, -0.15) is 0 Å². The Hall–Kier alpha value is -0.670. The van der Waals surface area contributed by atoms with Crippen LogP contribution < -0.4 is 4.74 Å². The Labute approximate surface area is 76.7 Å². The molecule has 1 aliphatic heterocycles. The monoisotopic (exact) mass is 181 g/mol. The summed E-state index contributed by atoms with van der Waals surface area (Å²) in [4.78, 5) is 0. The summed E-state index contributed by atoms with van der Waals surface area (Å²) in [5.41, 5.74) is 1.32. The highest BCUT2D eigenvalue weighted by Gasteiger charge is 2.18. The van der Waals surface area contributed by atoms with E-state index >= 15 is 0 Å². The molecule has 0 aromatic heterocycles. The minimum atomic E-state index is 0.944. The Morgan fingerprint density at radius 3 is 3.08 bits per heavy atom. The van der Waals surface area contributed by atoms with Gasteiger partial charge in [-0.25, -0.2) is 4.31 Å². The van der Waals surface area contributed by atoms with Crippen LogP contribution in [0.15, 0.2) is 24.3 Å². The summed E-state index contributed by atoms with van der Waals surface area (Å²) < 4.78 is 7.43. The lowest BCUT2D eigenvalue weighted by atomic mass is 10.2. The maximum absolute atomic E-state index is 5.13. The molecule has 1 heterocycles. The number of hydrogen-bond acceptors (Lipinski definition) is 3. The number of benzene rings is 1. The summed E-state index contributed by atoms with van der Waals surface area (Å²) >= 11 is 1.87. The molecule has 1 aliphatic rings. The highest BCUT2D eigenvalue weighted by Crippen LogP contribution is 2.30. The summed E-state index contributed by atoms with van der Waals surface area (Å²) in [6, 6.07) is 8.21. The smallest absolute Gasteiger partial charge is 0.119 e. The van der Waals surface area contributed by atoms with Crippen molar-refractivity contribution in [2.45, 2.75) is 6.54 Å². The third-order valence-electron chi connectivity index (χ3n) is 1.80. The van der Waals surface area contributed by atoms with Crippen molar-refractivity contribution in [3.63, 3.8) is 0 Å². The maximum atomic E-state index is 5.13. The molecule has 1 saturated heterocycles. The van der Waals surface area contributed by atoms with Crippen molar-refractivity contribution in [2.24, 2.45) is 0 Å². The van der Waals surface area contributed by atoms with Gasteiger partial charge in [0.2, 0.25) is 0 Å². The van der Waals surface area contributed by atoms with Crippen molar-refractivity contribution in [3.8, 4) is 5.75 Å². The maximum Gasteiger partial charge on any atom is 0.119 e. The fraction of sp³-hybridized carbons (Fsp3) is 0.333. The molecule has 0 amide bonds. The van der Waals surface area contributed by atoms with E-state index < -0.39 is 0 Å². The van der Waals surface area contributed by atoms with Crippen LogP contribution >= 0.6 is 11.9 Å². The van der Waals surface area contributed by atoms with E-state index in [-0.39, 0.29) is 0 Å². The second-order valence-corrected chi connectivity index (χ2v) is 3.78. The van der Waals surface area contributed by atoms with E-state index in [0.29, 0.717) is 0 Å². The Morgan fingerprint density at radius 2 is 2.42 bits per heavy atom. The van der Waals surface area contributed by atoms with Crippen LogP contribution in [0.5, 0.6) is 5.75 Å². The molecule has 1 unspecified atom stereocenters. The average Bonchev–Trinajstić information content (AvgIpc) is 2.89. The van der Waals surface area contributed by atoms with Gasteiger partial charge < -0.3 is 4.74 Å². The van der Waals surface area contributed by atoms with Crippen LogP contribution in [0.25, 0.3) is 0 Å². The molecule has 1 aromatic carbocycles. The molecule has 0 aliphatic carbocycles. The van der Waals surface area contributed by atoms with Gasteiger partial charge in [0.15, 0.2) is 0 Å². The van der Waals surface area contributed by atoms with Crippen LogP contribution in [-0.2, 0) is 6.54 Å². The van der Waals surface area contributed by atoms with Crippen LogP contribution in [0, 0.1) is 0 Å². The van der Waals surface area contributed by atoms with Gasteiger partial charge in [-0.05, 0) is 17.7 Å². The van der Waals surface area contributed by atoms with Gasteiger partial charge in [0.25, 0.3) is 0 Å². The van der Waals surface area contributed by atoms with Crippen LogP contribution in [0.1, 0.15) is 5.56 Å². The first kappa shape index (κ1) is 7.95. The molecule has 0 radical (unpaired) electrons. The molecule has 12 heavy (non-hydrogen) atoms. The van der Waals surface area contributed by atoms with Crippen molar-refractivity contribution < 1.29 is 4.74 Å². The number of nitrogens with zero attached hydrogens (tertiary/aromatic N) is 1. The van der Waals surface area contributed by atoms with Crippen molar-refractivity contribution >= 4 is 11.9 Å². The van der Waals surface area contributed by atoms with Gasteiger partial charge in [0, 0.05) is 6.54 Å². The topological polar surface area (TPSA) is 12.2 Å². The van der Waals surface area contributed by atoms with Crippen LogP contribution in [0.4, 0.5) is 0 Å². The zero-order chi connectivity index (χ0) is 8.39. The van der Waals surface area contributed by atoms with Gasteiger partial charge >= 0.3 is 0 Å². The Bertz CT molecular complexity index is 273. The molecule has 0 spiro atoms. The first-order valence-corrected chi connectivity index (χ1v) is 4.83. The van der Waals surface area contributed by atoms with Gasteiger partial charge in [0.1, 0.15) is 5.75 Å². The summed E-state index contributed by atoms with van der Waals surface area (Å²) in [5.74, 6) is 2.11. The van der Waals surface area contributed by atoms with Crippen LogP contribution in [-0.4, -0.2) is 17.3 Å².